The highest BCUT2D eigenvalue weighted by Crippen LogP contribution is 2.31. The van der Waals surface area contributed by atoms with Crippen LogP contribution in [0.15, 0.2) is 35.7 Å². The van der Waals surface area contributed by atoms with E-state index in [2.05, 4.69) is 17.5 Å². The molecule has 0 aliphatic heterocycles. The van der Waals surface area contributed by atoms with Crippen LogP contribution in [0.25, 0.3) is 0 Å². The first kappa shape index (κ1) is 15.9. The van der Waals surface area contributed by atoms with Gasteiger partial charge in [-0.2, -0.15) is 0 Å². The number of aryl methyl sites for hydroxylation is 1. The number of ether oxygens (including phenoxy) is 2. The van der Waals surface area contributed by atoms with E-state index in [-0.39, 0.29) is 6.04 Å². The Morgan fingerprint density at radius 1 is 1.10 bits per heavy atom. The van der Waals surface area contributed by atoms with E-state index in [1.165, 1.54) is 4.88 Å². The molecule has 1 heterocycles. The molecule has 0 spiro atoms. The van der Waals surface area contributed by atoms with Crippen molar-refractivity contribution >= 4 is 11.3 Å². The number of hydrogen-bond donors (Lipinski definition) is 1. The van der Waals surface area contributed by atoms with Gasteiger partial charge < -0.3 is 15.2 Å². The largest absolute Gasteiger partial charge is 0.490 e. The average Bonchev–Trinajstić information content (AvgIpc) is 3.00. The second-order valence-corrected chi connectivity index (χ2v) is 5.83. The first-order chi connectivity index (χ1) is 10.2. The van der Waals surface area contributed by atoms with E-state index < -0.39 is 0 Å². The Morgan fingerprint density at radius 2 is 1.86 bits per heavy atom. The maximum Gasteiger partial charge on any atom is 0.161 e. The van der Waals surface area contributed by atoms with Crippen LogP contribution in [0.4, 0.5) is 0 Å². The lowest BCUT2D eigenvalue weighted by molar-refractivity contribution is 0.287. The van der Waals surface area contributed by atoms with Gasteiger partial charge in [0.1, 0.15) is 0 Å². The van der Waals surface area contributed by atoms with Crippen molar-refractivity contribution in [3.05, 3.63) is 46.2 Å². The summed E-state index contributed by atoms with van der Waals surface area (Å²) in [6.07, 6.45) is 1.94. The third-order valence-electron chi connectivity index (χ3n) is 3.28. The van der Waals surface area contributed by atoms with Gasteiger partial charge in [-0.15, -0.1) is 11.3 Å². The number of rotatable bonds is 8. The van der Waals surface area contributed by atoms with Gasteiger partial charge in [-0.3, -0.25) is 0 Å². The summed E-state index contributed by atoms with van der Waals surface area (Å²) in [5, 5.41) is 2.10. The molecule has 4 heteroatoms. The van der Waals surface area contributed by atoms with Crippen molar-refractivity contribution in [3.8, 4) is 11.5 Å². The monoisotopic (exact) mass is 305 g/mol. The Morgan fingerprint density at radius 3 is 2.52 bits per heavy atom. The molecule has 0 fully saturated rings. The lowest BCUT2D eigenvalue weighted by Crippen LogP contribution is -2.11. The summed E-state index contributed by atoms with van der Waals surface area (Å²) in [6, 6.07) is 10.2. The molecule has 0 radical (unpaired) electrons. The maximum absolute atomic E-state index is 6.31. The molecule has 0 saturated carbocycles. The van der Waals surface area contributed by atoms with Crippen molar-refractivity contribution < 1.29 is 9.47 Å². The molecule has 0 aliphatic carbocycles. The van der Waals surface area contributed by atoms with Crippen LogP contribution in [0.3, 0.4) is 0 Å². The molecular weight excluding hydrogens is 282 g/mol. The van der Waals surface area contributed by atoms with E-state index in [0.717, 1.165) is 29.9 Å². The third-order valence-corrected chi connectivity index (χ3v) is 4.21. The van der Waals surface area contributed by atoms with Gasteiger partial charge in [0.15, 0.2) is 11.5 Å². The van der Waals surface area contributed by atoms with E-state index >= 15 is 0 Å². The smallest absolute Gasteiger partial charge is 0.161 e. The molecule has 0 saturated heterocycles. The van der Waals surface area contributed by atoms with Crippen LogP contribution in [0, 0.1) is 0 Å². The minimum Gasteiger partial charge on any atom is -0.490 e. The van der Waals surface area contributed by atoms with Crippen LogP contribution in [-0.2, 0) is 6.42 Å². The predicted molar refractivity (Wildman–Crippen MR) is 88.3 cm³/mol. The number of hydrogen-bond acceptors (Lipinski definition) is 4. The minimum absolute atomic E-state index is 0.0157. The highest BCUT2D eigenvalue weighted by atomic mass is 32.1. The lowest BCUT2D eigenvalue weighted by atomic mass is 10.0. The summed E-state index contributed by atoms with van der Waals surface area (Å²) in [5.41, 5.74) is 7.40. The zero-order valence-electron chi connectivity index (χ0n) is 12.7. The molecule has 1 aromatic carbocycles. The molecule has 2 N–H and O–H groups in total. The Labute approximate surface area is 130 Å². The number of benzene rings is 1. The molecule has 3 nitrogen and oxygen atoms in total. The summed E-state index contributed by atoms with van der Waals surface area (Å²) >= 11 is 1.78. The molecule has 21 heavy (non-hydrogen) atoms. The second kappa shape index (κ2) is 8.05. The van der Waals surface area contributed by atoms with Gasteiger partial charge in [0, 0.05) is 10.9 Å². The predicted octanol–water partition coefficient (Wildman–Crippen LogP) is 4.18. The van der Waals surface area contributed by atoms with E-state index in [9.17, 15) is 0 Å². The summed E-state index contributed by atoms with van der Waals surface area (Å²) in [7, 11) is 0. The van der Waals surface area contributed by atoms with Crippen LogP contribution < -0.4 is 15.2 Å². The fourth-order valence-electron chi connectivity index (χ4n) is 2.22. The molecule has 1 aromatic heterocycles. The van der Waals surface area contributed by atoms with Crippen LogP contribution in [-0.4, -0.2) is 13.2 Å². The Hall–Kier alpha value is -1.52. The van der Waals surface area contributed by atoms with Gasteiger partial charge in [-0.1, -0.05) is 12.1 Å². The fraction of sp³-hybridized carbons (Fsp3) is 0.412. The zero-order chi connectivity index (χ0) is 15.1. The van der Waals surface area contributed by atoms with Crippen molar-refractivity contribution in [1.29, 1.82) is 0 Å². The van der Waals surface area contributed by atoms with Crippen molar-refractivity contribution in [2.24, 2.45) is 5.73 Å². The minimum atomic E-state index is 0.0157. The van der Waals surface area contributed by atoms with Gasteiger partial charge in [0.25, 0.3) is 0 Å². The van der Waals surface area contributed by atoms with Crippen molar-refractivity contribution in [3.63, 3.8) is 0 Å². The molecular formula is C17H23NO2S. The van der Waals surface area contributed by atoms with Gasteiger partial charge in [0.2, 0.25) is 0 Å². The second-order valence-electron chi connectivity index (χ2n) is 4.80. The van der Waals surface area contributed by atoms with E-state index in [1.54, 1.807) is 11.3 Å². The maximum atomic E-state index is 6.31. The average molecular weight is 305 g/mol. The zero-order valence-corrected chi connectivity index (χ0v) is 13.5. The van der Waals surface area contributed by atoms with E-state index in [1.807, 2.05) is 32.0 Å². The summed E-state index contributed by atoms with van der Waals surface area (Å²) in [6.45, 7) is 5.19. The van der Waals surface area contributed by atoms with Crippen molar-refractivity contribution in [2.75, 3.05) is 13.2 Å². The van der Waals surface area contributed by atoms with Gasteiger partial charge >= 0.3 is 0 Å². The molecule has 1 atom stereocenters. The van der Waals surface area contributed by atoms with E-state index in [0.29, 0.717) is 13.2 Å². The van der Waals surface area contributed by atoms with Crippen molar-refractivity contribution in [1.82, 2.24) is 0 Å². The summed E-state index contributed by atoms with van der Waals surface area (Å²) in [5.74, 6) is 1.57. The molecule has 114 valence electrons. The molecule has 2 aromatic rings. The standard InChI is InChI=1S/C17H23NO2S/c1-3-19-16-10-7-13(12-17(16)20-4-2)15(18)9-8-14-6-5-11-21-14/h5-7,10-12,15H,3-4,8-9,18H2,1-2H3. The first-order valence-corrected chi connectivity index (χ1v) is 8.30. The molecule has 2 rings (SSSR count). The van der Waals surface area contributed by atoms with E-state index in [4.69, 9.17) is 15.2 Å². The highest BCUT2D eigenvalue weighted by Gasteiger charge is 2.11. The van der Waals surface area contributed by atoms with Gasteiger partial charge in [0.05, 0.1) is 13.2 Å². The topological polar surface area (TPSA) is 44.5 Å². The molecule has 0 bridgehead atoms. The molecule has 1 unspecified atom stereocenters. The van der Waals surface area contributed by atoms with Gasteiger partial charge in [-0.05, 0) is 55.8 Å². The Balaban J connectivity index is 2.05. The first-order valence-electron chi connectivity index (χ1n) is 7.42. The quantitative estimate of drug-likeness (QED) is 0.795. The van der Waals surface area contributed by atoms with Crippen LogP contribution in [0.5, 0.6) is 11.5 Å². The lowest BCUT2D eigenvalue weighted by Gasteiger charge is -2.16. The molecule has 0 amide bonds. The summed E-state index contributed by atoms with van der Waals surface area (Å²) < 4.78 is 11.2. The van der Waals surface area contributed by atoms with Gasteiger partial charge in [-0.25, -0.2) is 0 Å². The summed E-state index contributed by atoms with van der Waals surface area (Å²) in [4.78, 5) is 1.38. The van der Waals surface area contributed by atoms with Crippen LogP contribution in [0.1, 0.15) is 36.8 Å². The SMILES string of the molecule is CCOc1ccc(C(N)CCc2cccs2)cc1OCC. The number of thiophene rings is 1. The molecule has 0 aliphatic rings. The van der Waals surface area contributed by atoms with Crippen molar-refractivity contribution in [2.45, 2.75) is 32.7 Å². The third kappa shape index (κ3) is 4.48. The Kier molecular flexibility index (Phi) is 6.08. The fourth-order valence-corrected chi connectivity index (χ4v) is 2.94. The van der Waals surface area contributed by atoms with Crippen LogP contribution in [0.2, 0.25) is 0 Å². The Bertz CT molecular complexity index is 540. The highest BCUT2D eigenvalue weighted by molar-refractivity contribution is 7.09. The number of nitrogens with two attached hydrogens (primary N) is 1. The van der Waals surface area contributed by atoms with Crippen LogP contribution >= 0.6 is 11.3 Å². The normalized spacial score (nSPS) is 12.1.